The predicted octanol–water partition coefficient (Wildman–Crippen LogP) is 3.16. The van der Waals surface area contributed by atoms with Crippen molar-refractivity contribution in [2.75, 3.05) is 0 Å². The number of ether oxygens (including phenoxy) is 1. The highest BCUT2D eigenvalue weighted by Crippen LogP contribution is 2.44. The first-order valence-electron chi connectivity index (χ1n) is 7.01. The van der Waals surface area contributed by atoms with Crippen molar-refractivity contribution in [2.45, 2.75) is 45.1 Å². The lowest BCUT2D eigenvalue weighted by atomic mass is 9.79. The summed E-state index contributed by atoms with van der Waals surface area (Å²) in [5, 5.41) is 9.01. The van der Waals surface area contributed by atoms with Crippen LogP contribution in [-0.2, 0) is 20.9 Å². The van der Waals surface area contributed by atoms with Crippen molar-refractivity contribution in [3.8, 4) is 0 Å². The quantitative estimate of drug-likeness (QED) is 0.811. The van der Waals surface area contributed by atoms with Gasteiger partial charge in [0.05, 0.1) is 12.8 Å². The van der Waals surface area contributed by atoms with Gasteiger partial charge in [-0.15, -0.1) is 0 Å². The van der Waals surface area contributed by atoms with Crippen LogP contribution < -0.4 is 0 Å². The van der Waals surface area contributed by atoms with Gasteiger partial charge in [-0.05, 0) is 23.8 Å². The smallest absolute Gasteiger partial charge is 0.306 e. The second kappa shape index (κ2) is 6.55. The van der Waals surface area contributed by atoms with Crippen molar-refractivity contribution in [3.63, 3.8) is 0 Å². The summed E-state index contributed by atoms with van der Waals surface area (Å²) in [6.07, 6.45) is 3.89. The maximum Gasteiger partial charge on any atom is 0.306 e. The molecule has 0 amide bonds. The number of carboxylic acid groups (broad SMARTS) is 1. The van der Waals surface area contributed by atoms with Gasteiger partial charge in [-0.1, -0.05) is 43.2 Å². The van der Waals surface area contributed by atoms with E-state index in [9.17, 15) is 9.59 Å². The van der Waals surface area contributed by atoms with Gasteiger partial charge in [-0.25, -0.2) is 0 Å². The zero-order valence-electron chi connectivity index (χ0n) is 11.5. The largest absolute Gasteiger partial charge is 0.481 e. The number of carbonyl (C=O) groups excluding carboxylic acids is 1. The Kier molecular flexibility index (Phi) is 4.77. The molecule has 0 saturated heterocycles. The standard InChI is InChI=1S/C16H20O4/c17-14(18)10-16(8-4-5-9-16)11-15(19)20-12-13-6-2-1-3-7-13/h1-3,6-7H,4-5,8-12H2,(H,17,18). The molecule has 1 N–H and O–H groups in total. The van der Waals surface area contributed by atoms with Gasteiger partial charge in [0.2, 0.25) is 0 Å². The van der Waals surface area contributed by atoms with Crippen LogP contribution >= 0.6 is 0 Å². The number of hydrogen-bond donors (Lipinski definition) is 1. The van der Waals surface area contributed by atoms with Crippen LogP contribution in [0.1, 0.15) is 44.1 Å². The minimum absolute atomic E-state index is 0.0629. The van der Waals surface area contributed by atoms with Crippen LogP contribution in [0.3, 0.4) is 0 Å². The molecule has 2 rings (SSSR count). The minimum atomic E-state index is -0.831. The van der Waals surface area contributed by atoms with Crippen LogP contribution in [0.4, 0.5) is 0 Å². The number of aliphatic carboxylic acids is 1. The van der Waals surface area contributed by atoms with E-state index >= 15 is 0 Å². The average molecular weight is 276 g/mol. The van der Waals surface area contributed by atoms with Crippen molar-refractivity contribution >= 4 is 11.9 Å². The molecule has 0 aliphatic heterocycles. The molecule has 0 bridgehead atoms. The molecule has 20 heavy (non-hydrogen) atoms. The maximum absolute atomic E-state index is 11.9. The fourth-order valence-electron chi connectivity index (χ4n) is 2.96. The summed E-state index contributed by atoms with van der Waals surface area (Å²) in [7, 11) is 0. The first-order chi connectivity index (χ1) is 9.60. The van der Waals surface area contributed by atoms with Crippen LogP contribution in [0.5, 0.6) is 0 Å². The Balaban J connectivity index is 1.87. The summed E-state index contributed by atoms with van der Waals surface area (Å²) in [5.41, 5.74) is 0.555. The van der Waals surface area contributed by atoms with Crippen LogP contribution in [0.2, 0.25) is 0 Å². The predicted molar refractivity (Wildman–Crippen MR) is 74.0 cm³/mol. The topological polar surface area (TPSA) is 63.6 Å². The van der Waals surface area contributed by atoms with Gasteiger partial charge in [0.1, 0.15) is 6.61 Å². The first kappa shape index (κ1) is 14.6. The van der Waals surface area contributed by atoms with Gasteiger partial charge < -0.3 is 9.84 Å². The Labute approximate surface area is 118 Å². The highest BCUT2D eigenvalue weighted by Gasteiger charge is 2.38. The van der Waals surface area contributed by atoms with E-state index in [1.165, 1.54) is 0 Å². The molecule has 0 spiro atoms. The van der Waals surface area contributed by atoms with E-state index < -0.39 is 5.97 Å². The number of carbonyl (C=O) groups is 2. The molecule has 0 unspecified atom stereocenters. The molecule has 1 aliphatic rings. The van der Waals surface area contributed by atoms with E-state index in [-0.39, 0.29) is 30.8 Å². The molecule has 1 fully saturated rings. The number of hydrogen-bond acceptors (Lipinski definition) is 3. The van der Waals surface area contributed by atoms with Gasteiger partial charge in [-0.2, -0.15) is 0 Å². The van der Waals surface area contributed by atoms with Gasteiger partial charge in [0.25, 0.3) is 0 Å². The number of rotatable bonds is 6. The summed E-state index contributed by atoms with van der Waals surface area (Å²) in [4.78, 5) is 22.9. The van der Waals surface area contributed by atoms with Gasteiger partial charge in [0.15, 0.2) is 0 Å². The summed E-state index contributed by atoms with van der Waals surface area (Å²) in [6.45, 7) is 0.253. The second-order valence-corrected chi connectivity index (χ2v) is 5.60. The fraction of sp³-hybridized carbons (Fsp3) is 0.500. The molecular formula is C16H20O4. The van der Waals surface area contributed by atoms with E-state index in [2.05, 4.69) is 0 Å². The molecule has 1 aliphatic carbocycles. The lowest BCUT2D eigenvalue weighted by Crippen LogP contribution is -2.25. The molecule has 0 heterocycles. The molecule has 108 valence electrons. The Bertz CT molecular complexity index is 461. The maximum atomic E-state index is 11.9. The Morgan fingerprint density at radius 2 is 1.75 bits per heavy atom. The molecule has 1 aromatic carbocycles. The highest BCUT2D eigenvalue weighted by molar-refractivity contribution is 5.73. The summed E-state index contributed by atoms with van der Waals surface area (Å²) in [5.74, 6) is -1.13. The molecule has 1 aromatic rings. The number of benzene rings is 1. The van der Waals surface area contributed by atoms with Gasteiger partial charge in [0, 0.05) is 0 Å². The molecule has 0 atom stereocenters. The van der Waals surface area contributed by atoms with E-state index in [0.717, 1.165) is 31.2 Å². The first-order valence-corrected chi connectivity index (χ1v) is 7.01. The number of esters is 1. The van der Waals surface area contributed by atoms with Crippen LogP contribution in [-0.4, -0.2) is 17.0 Å². The van der Waals surface area contributed by atoms with Crippen molar-refractivity contribution < 1.29 is 19.4 Å². The average Bonchev–Trinajstić information content (AvgIpc) is 2.85. The van der Waals surface area contributed by atoms with Gasteiger partial charge >= 0.3 is 11.9 Å². The molecule has 0 radical (unpaired) electrons. The summed E-state index contributed by atoms with van der Waals surface area (Å²) in [6, 6.07) is 9.50. The normalized spacial score (nSPS) is 16.8. The second-order valence-electron chi connectivity index (χ2n) is 5.60. The van der Waals surface area contributed by atoms with E-state index in [1.54, 1.807) is 0 Å². The monoisotopic (exact) mass is 276 g/mol. The molecular weight excluding hydrogens is 256 g/mol. The van der Waals surface area contributed by atoms with Crippen LogP contribution in [0, 0.1) is 5.41 Å². The SMILES string of the molecule is O=C(O)CC1(CC(=O)OCc2ccccc2)CCCC1. The Hall–Kier alpha value is -1.84. The molecule has 4 heteroatoms. The molecule has 0 aromatic heterocycles. The van der Waals surface area contributed by atoms with Crippen molar-refractivity contribution in [2.24, 2.45) is 5.41 Å². The summed E-state index contributed by atoms with van der Waals surface area (Å²) < 4.78 is 5.26. The summed E-state index contributed by atoms with van der Waals surface area (Å²) >= 11 is 0. The third kappa shape index (κ3) is 4.08. The van der Waals surface area contributed by atoms with E-state index in [4.69, 9.17) is 9.84 Å². The lowest BCUT2D eigenvalue weighted by Gasteiger charge is -2.25. The van der Waals surface area contributed by atoms with E-state index in [0.29, 0.717) is 0 Å². The van der Waals surface area contributed by atoms with Gasteiger partial charge in [-0.3, -0.25) is 9.59 Å². The van der Waals surface area contributed by atoms with Crippen LogP contribution in [0.15, 0.2) is 30.3 Å². The van der Waals surface area contributed by atoms with Crippen molar-refractivity contribution in [1.82, 2.24) is 0 Å². The Morgan fingerprint density at radius 3 is 2.35 bits per heavy atom. The molecule has 4 nitrogen and oxygen atoms in total. The van der Waals surface area contributed by atoms with Crippen molar-refractivity contribution in [1.29, 1.82) is 0 Å². The van der Waals surface area contributed by atoms with E-state index in [1.807, 2.05) is 30.3 Å². The Morgan fingerprint density at radius 1 is 1.10 bits per heavy atom. The molecule has 1 saturated carbocycles. The third-order valence-corrected chi connectivity index (χ3v) is 3.95. The fourth-order valence-corrected chi connectivity index (χ4v) is 2.96. The minimum Gasteiger partial charge on any atom is -0.481 e. The zero-order valence-corrected chi connectivity index (χ0v) is 11.5. The zero-order chi connectivity index (χ0) is 14.4. The van der Waals surface area contributed by atoms with Crippen molar-refractivity contribution in [3.05, 3.63) is 35.9 Å². The highest BCUT2D eigenvalue weighted by atomic mass is 16.5. The number of carboxylic acids is 1. The lowest BCUT2D eigenvalue weighted by molar-refractivity contribution is -0.149. The third-order valence-electron chi connectivity index (χ3n) is 3.95. The van der Waals surface area contributed by atoms with Crippen LogP contribution in [0.25, 0.3) is 0 Å².